The minimum Gasteiger partial charge on any atom is -0.377 e. The van der Waals surface area contributed by atoms with Crippen molar-refractivity contribution in [3.8, 4) is 0 Å². The molecule has 0 fully saturated rings. The third-order valence-electron chi connectivity index (χ3n) is 4.79. The monoisotopic (exact) mass is 379 g/mol. The van der Waals surface area contributed by atoms with Gasteiger partial charge in [-0.3, -0.25) is 4.99 Å². The Balaban J connectivity index is 1.98. The normalized spacial score (nSPS) is 18.7. The molecule has 0 saturated heterocycles. The van der Waals surface area contributed by atoms with Crippen molar-refractivity contribution in [1.82, 2.24) is 30.3 Å². The van der Waals surface area contributed by atoms with Gasteiger partial charge in [0.1, 0.15) is 12.4 Å². The molecule has 0 radical (unpaired) electrons. The fourth-order valence-electron chi connectivity index (χ4n) is 3.37. The molecule has 2 atom stereocenters. The smallest absolute Gasteiger partial charge is 0.191 e. The van der Waals surface area contributed by atoms with E-state index < -0.39 is 0 Å². The highest BCUT2D eigenvalue weighted by atomic mass is 16.5. The minimum absolute atomic E-state index is 0.301. The molecule has 0 spiro atoms. The van der Waals surface area contributed by atoms with Crippen molar-refractivity contribution in [3.63, 3.8) is 0 Å². The molecule has 2 heterocycles. The van der Waals surface area contributed by atoms with Gasteiger partial charge in [-0.15, -0.1) is 0 Å². The van der Waals surface area contributed by atoms with Crippen molar-refractivity contribution in [2.75, 3.05) is 34.3 Å². The average Bonchev–Trinajstić information content (AvgIpc) is 3.00. The lowest BCUT2D eigenvalue weighted by Crippen LogP contribution is -2.47. The number of ether oxygens (including phenoxy) is 1. The summed E-state index contributed by atoms with van der Waals surface area (Å²) in [5.41, 5.74) is 0. The lowest BCUT2D eigenvalue weighted by molar-refractivity contribution is 0.177. The maximum absolute atomic E-state index is 5.14. The highest BCUT2D eigenvalue weighted by Crippen LogP contribution is 2.14. The lowest BCUT2D eigenvalue weighted by atomic mass is 10.0. The van der Waals surface area contributed by atoms with Crippen LogP contribution in [0.15, 0.2) is 4.99 Å². The van der Waals surface area contributed by atoms with Gasteiger partial charge >= 0.3 is 0 Å². The minimum atomic E-state index is 0.301. The molecular weight excluding hydrogens is 342 g/mol. The van der Waals surface area contributed by atoms with Crippen LogP contribution in [0, 0.1) is 5.92 Å². The van der Waals surface area contributed by atoms with E-state index in [4.69, 9.17) is 9.73 Å². The average molecular weight is 380 g/mol. The first-order valence-corrected chi connectivity index (χ1v) is 10.1. The van der Waals surface area contributed by atoms with Crippen molar-refractivity contribution in [2.45, 2.75) is 65.3 Å². The van der Waals surface area contributed by atoms with Crippen LogP contribution >= 0.6 is 0 Å². The number of fused-ring (bicyclic) bond motifs is 1. The summed E-state index contributed by atoms with van der Waals surface area (Å²) in [6, 6.07) is 0.751. The van der Waals surface area contributed by atoms with Crippen molar-refractivity contribution in [3.05, 3.63) is 11.6 Å². The van der Waals surface area contributed by atoms with E-state index in [-0.39, 0.29) is 0 Å². The number of likely N-dealkylation sites (N-methyl/N-ethyl adjacent to an activating group) is 1. The number of aryl methyl sites for hydroxylation is 1. The Labute approximate surface area is 163 Å². The van der Waals surface area contributed by atoms with Crippen LogP contribution in [0.2, 0.25) is 0 Å². The van der Waals surface area contributed by atoms with Crippen LogP contribution in [0.1, 0.15) is 45.3 Å². The number of hydrogen-bond donors (Lipinski definition) is 2. The molecule has 1 aliphatic rings. The Morgan fingerprint density at radius 1 is 1.41 bits per heavy atom. The van der Waals surface area contributed by atoms with Crippen molar-refractivity contribution in [2.24, 2.45) is 10.9 Å². The van der Waals surface area contributed by atoms with E-state index in [0.29, 0.717) is 24.6 Å². The van der Waals surface area contributed by atoms with E-state index >= 15 is 0 Å². The van der Waals surface area contributed by atoms with Gasteiger partial charge in [-0.2, -0.15) is 5.10 Å². The van der Waals surface area contributed by atoms with Gasteiger partial charge in [0.05, 0.1) is 13.1 Å². The van der Waals surface area contributed by atoms with Crippen LogP contribution in [0.3, 0.4) is 0 Å². The van der Waals surface area contributed by atoms with Crippen LogP contribution in [0.25, 0.3) is 0 Å². The lowest BCUT2D eigenvalue weighted by Gasteiger charge is -2.27. The second-order valence-electron chi connectivity index (χ2n) is 7.91. The van der Waals surface area contributed by atoms with Gasteiger partial charge in [-0.25, -0.2) is 9.67 Å². The van der Waals surface area contributed by atoms with Crippen LogP contribution in [-0.2, 0) is 24.3 Å². The van der Waals surface area contributed by atoms with Crippen molar-refractivity contribution in [1.29, 1.82) is 0 Å². The number of aliphatic imine (C=N–C) groups is 1. The zero-order valence-corrected chi connectivity index (χ0v) is 17.8. The van der Waals surface area contributed by atoms with E-state index in [0.717, 1.165) is 56.5 Å². The number of methoxy groups -OCH3 is 1. The molecule has 2 N–H and O–H groups in total. The third kappa shape index (κ3) is 6.77. The maximum atomic E-state index is 5.14. The van der Waals surface area contributed by atoms with Crippen LogP contribution in [-0.4, -0.2) is 72.0 Å². The summed E-state index contributed by atoms with van der Waals surface area (Å²) in [7, 11) is 5.94. The molecule has 27 heavy (non-hydrogen) atoms. The molecule has 1 aromatic heterocycles. The van der Waals surface area contributed by atoms with Gasteiger partial charge in [0.15, 0.2) is 11.8 Å². The van der Waals surface area contributed by atoms with Gasteiger partial charge in [0, 0.05) is 32.2 Å². The molecule has 0 saturated carbocycles. The van der Waals surface area contributed by atoms with Crippen LogP contribution < -0.4 is 10.6 Å². The predicted octanol–water partition coefficient (Wildman–Crippen LogP) is 1.27. The topological polar surface area (TPSA) is 79.6 Å². The molecule has 2 rings (SSSR count). The Kier molecular flexibility index (Phi) is 8.50. The first kappa shape index (κ1) is 21.6. The van der Waals surface area contributed by atoms with Gasteiger partial charge in [0.2, 0.25) is 0 Å². The summed E-state index contributed by atoms with van der Waals surface area (Å²) in [6.45, 7) is 9.53. The summed E-state index contributed by atoms with van der Waals surface area (Å²) in [5, 5.41) is 11.5. The molecule has 2 unspecified atom stereocenters. The number of guanidine groups is 1. The predicted molar refractivity (Wildman–Crippen MR) is 109 cm³/mol. The maximum Gasteiger partial charge on any atom is 0.191 e. The molecular formula is C19H37N7O. The Morgan fingerprint density at radius 3 is 2.81 bits per heavy atom. The van der Waals surface area contributed by atoms with Gasteiger partial charge in [-0.05, 0) is 39.8 Å². The number of rotatable bonds is 9. The Morgan fingerprint density at radius 2 is 2.19 bits per heavy atom. The summed E-state index contributed by atoms with van der Waals surface area (Å²) >= 11 is 0. The Bertz CT molecular complexity index is 597. The fraction of sp³-hybridized carbons (Fsp3) is 0.842. The summed E-state index contributed by atoms with van der Waals surface area (Å²) in [6.07, 6.45) is 3.09. The molecule has 0 aromatic carbocycles. The second-order valence-corrected chi connectivity index (χ2v) is 7.91. The quantitative estimate of drug-likeness (QED) is 0.497. The molecule has 0 bridgehead atoms. The van der Waals surface area contributed by atoms with Crippen molar-refractivity contribution < 1.29 is 4.74 Å². The molecule has 1 aromatic rings. The number of hydrogen-bond acceptors (Lipinski definition) is 5. The zero-order chi connectivity index (χ0) is 19.8. The number of nitrogens with zero attached hydrogens (tertiary/aromatic N) is 5. The van der Waals surface area contributed by atoms with E-state index in [2.05, 4.69) is 60.5 Å². The largest absolute Gasteiger partial charge is 0.377 e. The van der Waals surface area contributed by atoms with Crippen molar-refractivity contribution >= 4 is 5.96 Å². The zero-order valence-electron chi connectivity index (χ0n) is 17.8. The van der Waals surface area contributed by atoms with E-state index in [1.54, 1.807) is 7.11 Å². The summed E-state index contributed by atoms with van der Waals surface area (Å²) in [4.78, 5) is 11.7. The van der Waals surface area contributed by atoms with Gasteiger partial charge in [-0.1, -0.05) is 13.8 Å². The standard InChI is InChI=1S/C19H37N7O/c1-7-20-19(21-11-16(25(4)5)10-14(2)3)22-15-8-9-18-23-17(13-27-6)24-26(18)12-15/h14-16H,7-13H2,1-6H3,(H2,20,21,22). The molecule has 8 heteroatoms. The van der Waals surface area contributed by atoms with Crippen LogP contribution in [0.5, 0.6) is 0 Å². The Hall–Kier alpha value is -1.67. The molecule has 154 valence electrons. The summed E-state index contributed by atoms with van der Waals surface area (Å²) < 4.78 is 7.14. The second kappa shape index (κ2) is 10.6. The summed E-state index contributed by atoms with van der Waals surface area (Å²) in [5.74, 6) is 3.36. The highest BCUT2D eigenvalue weighted by molar-refractivity contribution is 5.80. The molecule has 0 amide bonds. The highest BCUT2D eigenvalue weighted by Gasteiger charge is 2.22. The van der Waals surface area contributed by atoms with Gasteiger partial charge in [0.25, 0.3) is 0 Å². The number of aromatic nitrogens is 3. The molecule has 1 aliphatic heterocycles. The van der Waals surface area contributed by atoms with E-state index in [1.165, 1.54) is 0 Å². The van der Waals surface area contributed by atoms with Gasteiger partial charge < -0.3 is 20.3 Å². The van der Waals surface area contributed by atoms with Crippen LogP contribution in [0.4, 0.5) is 0 Å². The van der Waals surface area contributed by atoms with E-state index in [1.807, 2.05) is 4.68 Å². The number of nitrogens with one attached hydrogen (secondary N) is 2. The molecule has 8 nitrogen and oxygen atoms in total. The third-order valence-corrected chi connectivity index (χ3v) is 4.79. The first-order valence-electron chi connectivity index (χ1n) is 10.1. The fourth-order valence-corrected chi connectivity index (χ4v) is 3.37. The SMILES string of the molecule is CCNC(=NCC(CC(C)C)N(C)C)NC1CCc2nc(COC)nn2C1. The first-order chi connectivity index (χ1) is 12.9. The molecule has 0 aliphatic carbocycles. The van der Waals surface area contributed by atoms with E-state index in [9.17, 15) is 0 Å².